The fourth-order valence-corrected chi connectivity index (χ4v) is 1.32. The Hall–Kier alpha value is -2.62. The molecule has 0 aliphatic heterocycles. The Labute approximate surface area is 113 Å². The van der Waals surface area contributed by atoms with Crippen LogP contribution >= 0.6 is 0 Å². The van der Waals surface area contributed by atoms with Crippen LogP contribution in [0.5, 0.6) is 0 Å². The molecule has 0 atom stereocenters. The Bertz CT molecular complexity index is 530. The Morgan fingerprint density at radius 2 is 2.21 bits per heavy atom. The molecule has 0 fully saturated rings. The highest BCUT2D eigenvalue weighted by Gasteiger charge is 1.97. The smallest absolute Gasteiger partial charge is 0.307 e. The van der Waals surface area contributed by atoms with Crippen molar-refractivity contribution in [3.63, 3.8) is 0 Å². The largest absolute Gasteiger partial charge is 0.339 e. The maximum Gasteiger partial charge on any atom is 0.339 e. The highest BCUT2D eigenvalue weighted by atomic mass is 16.2. The number of hydrazone groups is 1. The van der Waals surface area contributed by atoms with Crippen molar-refractivity contribution in [2.24, 2.45) is 5.10 Å². The van der Waals surface area contributed by atoms with E-state index in [1.54, 1.807) is 24.4 Å². The molecule has 0 aromatic heterocycles. The molecule has 0 bridgehead atoms. The quantitative estimate of drug-likeness (QED) is 0.474. The molecule has 0 radical (unpaired) electrons. The van der Waals surface area contributed by atoms with Gasteiger partial charge in [0.2, 0.25) is 0 Å². The molecule has 1 rings (SSSR count). The summed E-state index contributed by atoms with van der Waals surface area (Å²) in [7, 11) is 0. The third kappa shape index (κ3) is 6.02. The van der Waals surface area contributed by atoms with Gasteiger partial charge < -0.3 is 5.32 Å². The highest BCUT2D eigenvalue weighted by Crippen LogP contribution is 2.00. The number of allylic oxidation sites excluding steroid dienone is 3. The minimum atomic E-state index is -0.442. The lowest BCUT2D eigenvalue weighted by atomic mass is 10.2. The van der Waals surface area contributed by atoms with E-state index in [2.05, 4.69) is 29.0 Å². The molecule has 1 aromatic rings. The third-order valence-electron chi connectivity index (χ3n) is 2.13. The summed E-state index contributed by atoms with van der Waals surface area (Å²) >= 11 is 0. The maximum absolute atomic E-state index is 11.4. The Balaban J connectivity index is 2.44. The van der Waals surface area contributed by atoms with Crippen molar-refractivity contribution in [2.45, 2.75) is 6.92 Å². The number of aryl methyl sites for hydroxylation is 1. The van der Waals surface area contributed by atoms with Gasteiger partial charge in [-0.1, -0.05) is 55.1 Å². The zero-order valence-electron chi connectivity index (χ0n) is 10.9. The van der Waals surface area contributed by atoms with Gasteiger partial charge in [0.15, 0.2) is 0 Å². The van der Waals surface area contributed by atoms with Crippen molar-refractivity contribution in [2.75, 3.05) is 0 Å². The molecule has 0 unspecified atom stereocenters. The van der Waals surface area contributed by atoms with Crippen molar-refractivity contribution >= 4 is 12.2 Å². The zero-order valence-corrected chi connectivity index (χ0v) is 10.9. The first-order chi connectivity index (χ1) is 9.11. The van der Waals surface area contributed by atoms with Crippen molar-refractivity contribution < 1.29 is 4.79 Å². The summed E-state index contributed by atoms with van der Waals surface area (Å²) in [6.07, 6.45) is 6.49. The average Bonchev–Trinajstić information content (AvgIpc) is 2.36. The molecule has 0 spiro atoms. The number of hydrogen-bond acceptors (Lipinski definition) is 2. The normalized spacial score (nSPS) is 10.6. The first-order valence-electron chi connectivity index (χ1n) is 5.76. The molecule has 0 saturated carbocycles. The van der Waals surface area contributed by atoms with E-state index in [4.69, 9.17) is 0 Å². The molecule has 0 aliphatic carbocycles. The summed E-state index contributed by atoms with van der Waals surface area (Å²) in [4.78, 5) is 11.4. The molecule has 19 heavy (non-hydrogen) atoms. The molecule has 0 aliphatic rings. The van der Waals surface area contributed by atoms with E-state index in [9.17, 15) is 4.79 Å². The van der Waals surface area contributed by atoms with Crippen LogP contribution in [0, 0.1) is 6.92 Å². The van der Waals surface area contributed by atoms with Crippen molar-refractivity contribution in [1.82, 2.24) is 10.7 Å². The summed E-state index contributed by atoms with van der Waals surface area (Å²) in [5.74, 6) is 0. The van der Waals surface area contributed by atoms with Crippen molar-refractivity contribution in [3.05, 3.63) is 72.5 Å². The van der Waals surface area contributed by atoms with Gasteiger partial charge in [0.1, 0.15) is 0 Å². The van der Waals surface area contributed by atoms with Gasteiger partial charge >= 0.3 is 6.03 Å². The van der Waals surface area contributed by atoms with Crippen LogP contribution in [0.2, 0.25) is 0 Å². The fraction of sp³-hybridized carbons (Fsp3) is 0.0667. The Kier molecular flexibility index (Phi) is 5.82. The summed E-state index contributed by atoms with van der Waals surface area (Å²) in [5.41, 5.74) is 4.88. The molecule has 2 amide bonds. The van der Waals surface area contributed by atoms with E-state index < -0.39 is 6.03 Å². The number of nitrogens with zero attached hydrogens (tertiary/aromatic N) is 1. The lowest BCUT2D eigenvalue weighted by molar-refractivity contribution is 0.244. The lowest BCUT2D eigenvalue weighted by Crippen LogP contribution is -2.30. The van der Waals surface area contributed by atoms with Crippen LogP contribution in [0.15, 0.2) is 66.4 Å². The van der Waals surface area contributed by atoms with Gasteiger partial charge in [-0.05, 0) is 18.6 Å². The Morgan fingerprint density at radius 1 is 1.42 bits per heavy atom. The standard InChI is InChI=1S/C15H17N3O/c1-4-5-8-13(3)17-15(19)18-16-11-14-9-6-7-12(2)10-14/h4-11H,1,3H2,2H3,(H2,17,18,19)/b8-5-,16-11+. The van der Waals surface area contributed by atoms with Crippen LogP contribution in [0.25, 0.3) is 0 Å². The predicted molar refractivity (Wildman–Crippen MR) is 78.9 cm³/mol. The van der Waals surface area contributed by atoms with Crippen LogP contribution in [0.4, 0.5) is 4.79 Å². The average molecular weight is 255 g/mol. The SMILES string of the molecule is C=C/C=C\C(=C)NC(=O)N/N=C/c1cccc(C)c1. The zero-order chi connectivity index (χ0) is 14.1. The van der Waals surface area contributed by atoms with Crippen LogP contribution < -0.4 is 10.7 Å². The third-order valence-corrected chi connectivity index (χ3v) is 2.13. The van der Waals surface area contributed by atoms with Gasteiger partial charge in [-0.25, -0.2) is 10.2 Å². The van der Waals surface area contributed by atoms with E-state index in [0.29, 0.717) is 5.70 Å². The monoisotopic (exact) mass is 255 g/mol. The van der Waals surface area contributed by atoms with Crippen molar-refractivity contribution in [1.29, 1.82) is 0 Å². The second kappa shape index (κ2) is 7.66. The van der Waals surface area contributed by atoms with E-state index in [1.807, 2.05) is 31.2 Å². The summed E-state index contributed by atoms with van der Waals surface area (Å²) < 4.78 is 0. The van der Waals surface area contributed by atoms with E-state index in [-0.39, 0.29) is 0 Å². The van der Waals surface area contributed by atoms with Crippen molar-refractivity contribution in [3.8, 4) is 0 Å². The number of rotatable bonds is 5. The number of amides is 2. The lowest BCUT2D eigenvalue weighted by Gasteiger charge is -2.02. The summed E-state index contributed by atoms with van der Waals surface area (Å²) in [6, 6.07) is 7.35. The van der Waals surface area contributed by atoms with Crippen LogP contribution in [-0.2, 0) is 0 Å². The number of urea groups is 1. The second-order valence-electron chi connectivity index (χ2n) is 3.86. The molecular weight excluding hydrogens is 238 g/mol. The van der Waals surface area contributed by atoms with E-state index in [1.165, 1.54) is 0 Å². The first-order valence-corrected chi connectivity index (χ1v) is 5.76. The molecule has 0 heterocycles. The van der Waals surface area contributed by atoms with Gasteiger partial charge in [0.05, 0.1) is 6.21 Å². The maximum atomic E-state index is 11.4. The fourth-order valence-electron chi connectivity index (χ4n) is 1.32. The Morgan fingerprint density at radius 3 is 2.89 bits per heavy atom. The second-order valence-corrected chi connectivity index (χ2v) is 3.86. The minimum absolute atomic E-state index is 0.442. The minimum Gasteiger partial charge on any atom is -0.307 e. The first kappa shape index (κ1) is 14.4. The topological polar surface area (TPSA) is 53.5 Å². The number of hydrogen-bond donors (Lipinski definition) is 2. The molecule has 4 nitrogen and oxygen atoms in total. The van der Waals surface area contributed by atoms with Gasteiger partial charge in [0, 0.05) is 5.70 Å². The summed E-state index contributed by atoms with van der Waals surface area (Å²) in [5, 5.41) is 6.36. The number of benzene rings is 1. The van der Waals surface area contributed by atoms with E-state index in [0.717, 1.165) is 11.1 Å². The van der Waals surface area contributed by atoms with Crippen LogP contribution in [-0.4, -0.2) is 12.2 Å². The van der Waals surface area contributed by atoms with Gasteiger partial charge in [-0.2, -0.15) is 5.10 Å². The molecule has 0 saturated heterocycles. The molecule has 98 valence electrons. The van der Waals surface area contributed by atoms with Gasteiger partial charge in [-0.3, -0.25) is 0 Å². The molecule has 2 N–H and O–H groups in total. The van der Waals surface area contributed by atoms with E-state index >= 15 is 0 Å². The van der Waals surface area contributed by atoms with Gasteiger partial charge in [-0.15, -0.1) is 0 Å². The number of nitrogens with one attached hydrogen (secondary N) is 2. The van der Waals surface area contributed by atoms with Crippen LogP contribution in [0.1, 0.15) is 11.1 Å². The van der Waals surface area contributed by atoms with Gasteiger partial charge in [0.25, 0.3) is 0 Å². The number of carbonyl (C=O) groups excluding carboxylic acids is 1. The molecule has 4 heteroatoms. The van der Waals surface area contributed by atoms with Crippen LogP contribution in [0.3, 0.4) is 0 Å². The summed E-state index contributed by atoms with van der Waals surface area (Å²) in [6.45, 7) is 9.17. The number of carbonyl (C=O) groups is 1. The predicted octanol–water partition coefficient (Wildman–Crippen LogP) is 2.88. The molecule has 1 aromatic carbocycles. The highest BCUT2D eigenvalue weighted by molar-refractivity contribution is 5.82. The molecular formula is C15H17N3O.